The molecule has 0 radical (unpaired) electrons. The van der Waals surface area contributed by atoms with E-state index in [4.69, 9.17) is 5.11 Å². The third kappa shape index (κ3) is 9.90. The van der Waals surface area contributed by atoms with Crippen molar-refractivity contribution in [2.45, 2.75) is 71.6 Å². The molecular formula is C16H36NO+. The molecule has 1 N–H and O–H groups in total. The van der Waals surface area contributed by atoms with Crippen LogP contribution in [-0.4, -0.2) is 42.9 Å². The van der Waals surface area contributed by atoms with E-state index in [2.05, 4.69) is 20.9 Å². The first-order valence-corrected chi connectivity index (χ1v) is 8.13. The molecule has 0 aliphatic rings. The van der Waals surface area contributed by atoms with E-state index in [1.165, 1.54) is 68.9 Å². The third-order valence-electron chi connectivity index (χ3n) is 3.96. The summed E-state index contributed by atoms with van der Waals surface area (Å²) in [6.45, 7) is 8.62. The molecule has 110 valence electrons. The van der Waals surface area contributed by atoms with Crippen LogP contribution in [-0.2, 0) is 0 Å². The lowest BCUT2D eigenvalue weighted by Gasteiger charge is -2.35. The summed E-state index contributed by atoms with van der Waals surface area (Å²) in [7, 11) is 2.38. The molecular weight excluding hydrogens is 222 g/mol. The first-order chi connectivity index (χ1) is 8.68. The van der Waals surface area contributed by atoms with Gasteiger partial charge in [-0.2, -0.15) is 0 Å². The lowest BCUT2D eigenvalue weighted by atomic mass is 10.1. The van der Waals surface area contributed by atoms with Crippen LogP contribution >= 0.6 is 0 Å². The minimum Gasteiger partial charge on any atom is -0.396 e. The second-order valence-electron chi connectivity index (χ2n) is 5.99. The number of hydrogen-bond acceptors (Lipinski definition) is 1. The minimum atomic E-state index is 0.345. The molecule has 0 aromatic rings. The van der Waals surface area contributed by atoms with Crippen molar-refractivity contribution in [1.82, 2.24) is 0 Å². The van der Waals surface area contributed by atoms with Crippen molar-refractivity contribution in [3.8, 4) is 0 Å². The van der Waals surface area contributed by atoms with Gasteiger partial charge >= 0.3 is 0 Å². The molecule has 0 bridgehead atoms. The maximum absolute atomic E-state index is 9.03. The van der Waals surface area contributed by atoms with Gasteiger partial charge in [-0.25, -0.2) is 0 Å². The van der Waals surface area contributed by atoms with Crippen LogP contribution in [0.3, 0.4) is 0 Å². The Labute approximate surface area is 115 Å². The van der Waals surface area contributed by atoms with Crippen molar-refractivity contribution < 1.29 is 9.59 Å². The Kier molecular flexibility index (Phi) is 11.9. The maximum Gasteiger partial charge on any atom is 0.0806 e. The smallest absolute Gasteiger partial charge is 0.0806 e. The Morgan fingerprint density at radius 1 is 0.667 bits per heavy atom. The van der Waals surface area contributed by atoms with Crippen molar-refractivity contribution in [2.75, 3.05) is 33.3 Å². The molecule has 0 fully saturated rings. The molecule has 0 aromatic carbocycles. The zero-order valence-electron chi connectivity index (χ0n) is 13.1. The fraction of sp³-hybridized carbons (Fsp3) is 1.00. The van der Waals surface area contributed by atoms with E-state index in [1.807, 2.05) is 0 Å². The number of quaternary nitrogens is 1. The van der Waals surface area contributed by atoms with E-state index < -0.39 is 0 Å². The summed E-state index contributed by atoms with van der Waals surface area (Å²) in [5, 5.41) is 9.03. The van der Waals surface area contributed by atoms with Crippen molar-refractivity contribution in [2.24, 2.45) is 0 Å². The molecule has 0 rings (SSSR count). The average Bonchev–Trinajstić information content (AvgIpc) is 2.37. The molecule has 0 spiro atoms. The molecule has 0 aliphatic carbocycles. The average molecular weight is 258 g/mol. The maximum atomic E-state index is 9.03. The number of aliphatic hydroxyl groups excluding tert-OH is 1. The van der Waals surface area contributed by atoms with Gasteiger partial charge in [-0.3, -0.25) is 0 Å². The van der Waals surface area contributed by atoms with Crippen LogP contribution in [0.5, 0.6) is 0 Å². The highest BCUT2D eigenvalue weighted by molar-refractivity contribution is 4.47. The molecule has 1 unspecified atom stereocenters. The van der Waals surface area contributed by atoms with Crippen LogP contribution in [0.2, 0.25) is 0 Å². The lowest BCUT2D eigenvalue weighted by molar-refractivity contribution is -0.910. The molecule has 0 saturated heterocycles. The van der Waals surface area contributed by atoms with Crippen molar-refractivity contribution in [3.63, 3.8) is 0 Å². The molecule has 2 nitrogen and oxygen atoms in total. The Bertz CT molecular complexity index is 172. The normalized spacial score (nSPS) is 14.7. The zero-order valence-corrected chi connectivity index (χ0v) is 13.1. The number of aliphatic hydroxyl groups is 1. The van der Waals surface area contributed by atoms with Gasteiger partial charge in [0, 0.05) is 13.0 Å². The van der Waals surface area contributed by atoms with Gasteiger partial charge in [0.25, 0.3) is 0 Å². The van der Waals surface area contributed by atoms with Crippen LogP contribution in [0, 0.1) is 0 Å². The van der Waals surface area contributed by atoms with Crippen molar-refractivity contribution in [1.29, 1.82) is 0 Å². The Hall–Kier alpha value is -0.0800. The number of unbranched alkanes of at least 4 members (excludes halogenated alkanes) is 6. The minimum absolute atomic E-state index is 0.345. The van der Waals surface area contributed by atoms with E-state index in [9.17, 15) is 0 Å². The molecule has 0 aliphatic heterocycles. The van der Waals surface area contributed by atoms with Gasteiger partial charge in [0.05, 0.1) is 26.7 Å². The first-order valence-electron chi connectivity index (χ1n) is 8.13. The van der Waals surface area contributed by atoms with Gasteiger partial charge in [-0.15, -0.1) is 0 Å². The quantitative estimate of drug-likeness (QED) is 0.391. The van der Waals surface area contributed by atoms with Gasteiger partial charge < -0.3 is 9.59 Å². The second-order valence-corrected chi connectivity index (χ2v) is 5.99. The molecule has 0 heterocycles. The summed E-state index contributed by atoms with van der Waals surface area (Å²) < 4.78 is 1.17. The van der Waals surface area contributed by atoms with E-state index in [0.717, 1.165) is 13.0 Å². The standard InChI is InChI=1S/C16H36NO/c1-4-6-8-9-11-14-17(3,15-12-16-18)13-10-7-5-2/h18H,4-16H2,1-3H3/q+1. The van der Waals surface area contributed by atoms with Gasteiger partial charge in [0.15, 0.2) is 0 Å². The summed E-state index contributed by atoms with van der Waals surface area (Å²) in [5.74, 6) is 0. The van der Waals surface area contributed by atoms with Gasteiger partial charge in [-0.1, -0.05) is 39.5 Å². The highest BCUT2D eigenvalue weighted by Gasteiger charge is 2.19. The van der Waals surface area contributed by atoms with Gasteiger partial charge in [-0.05, 0) is 25.7 Å². The van der Waals surface area contributed by atoms with Crippen molar-refractivity contribution >= 4 is 0 Å². The molecule has 2 heteroatoms. The highest BCUT2D eigenvalue weighted by Crippen LogP contribution is 2.12. The first kappa shape index (κ1) is 17.9. The lowest BCUT2D eigenvalue weighted by Crippen LogP contribution is -2.46. The van der Waals surface area contributed by atoms with Crippen LogP contribution < -0.4 is 0 Å². The summed E-state index contributed by atoms with van der Waals surface area (Å²) in [5.41, 5.74) is 0. The van der Waals surface area contributed by atoms with E-state index in [1.54, 1.807) is 0 Å². The predicted octanol–water partition coefficient (Wildman–Crippen LogP) is 3.98. The van der Waals surface area contributed by atoms with Crippen LogP contribution in [0.25, 0.3) is 0 Å². The third-order valence-corrected chi connectivity index (χ3v) is 3.96. The van der Waals surface area contributed by atoms with E-state index in [-0.39, 0.29) is 0 Å². The zero-order chi connectivity index (χ0) is 13.7. The van der Waals surface area contributed by atoms with Crippen LogP contribution in [0.15, 0.2) is 0 Å². The molecule has 0 amide bonds. The summed E-state index contributed by atoms with van der Waals surface area (Å²) >= 11 is 0. The van der Waals surface area contributed by atoms with E-state index in [0.29, 0.717) is 6.61 Å². The monoisotopic (exact) mass is 258 g/mol. The second kappa shape index (κ2) is 12.0. The largest absolute Gasteiger partial charge is 0.396 e. The van der Waals surface area contributed by atoms with E-state index >= 15 is 0 Å². The Morgan fingerprint density at radius 2 is 1.11 bits per heavy atom. The molecule has 0 aromatic heterocycles. The fourth-order valence-corrected chi connectivity index (χ4v) is 2.63. The topological polar surface area (TPSA) is 20.2 Å². The SMILES string of the molecule is CCCCCCC[N+](C)(CCCO)CCCCC. The van der Waals surface area contributed by atoms with Crippen molar-refractivity contribution in [3.05, 3.63) is 0 Å². The summed E-state index contributed by atoms with van der Waals surface area (Å²) in [4.78, 5) is 0. The summed E-state index contributed by atoms with van der Waals surface area (Å²) in [6.07, 6.45) is 11.8. The fourth-order valence-electron chi connectivity index (χ4n) is 2.63. The van der Waals surface area contributed by atoms with Crippen LogP contribution in [0.4, 0.5) is 0 Å². The predicted molar refractivity (Wildman–Crippen MR) is 80.8 cm³/mol. The number of rotatable bonds is 13. The van der Waals surface area contributed by atoms with Gasteiger partial charge in [0.2, 0.25) is 0 Å². The molecule has 0 saturated carbocycles. The Balaban J connectivity index is 3.87. The number of hydrogen-bond donors (Lipinski definition) is 1. The molecule has 1 atom stereocenters. The number of nitrogens with zero attached hydrogens (tertiary/aromatic N) is 1. The Morgan fingerprint density at radius 3 is 1.67 bits per heavy atom. The van der Waals surface area contributed by atoms with Gasteiger partial charge in [0.1, 0.15) is 0 Å². The van der Waals surface area contributed by atoms with Crippen LogP contribution in [0.1, 0.15) is 71.6 Å². The molecule has 18 heavy (non-hydrogen) atoms. The summed E-state index contributed by atoms with van der Waals surface area (Å²) in [6, 6.07) is 0. The highest BCUT2D eigenvalue weighted by atomic mass is 16.3.